The van der Waals surface area contributed by atoms with Crippen LogP contribution in [-0.4, -0.2) is 12.2 Å². The Morgan fingerprint density at radius 3 is 2.69 bits per heavy atom. The number of aliphatic hydroxyl groups is 1. The second-order valence-corrected chi connectivity index (χ2v) is 2.73. The van der Waals surface area contributed by atoms with E-state index in [9.17, 15) is 0 Å². The van der Waals surface area contributed by atoms with Crippen molar-refractivity contribution in [3.8, 4) is 11.8 Å². The summed E-state index contributed by atoms with van der Waals surface area (Å²) in [7, 11) is 1.55. The first-order valence-corrected chi connectivity index (χ1v) is 3.91. The van der Waals surface area contributed by atoms with E-state index in [0.29, 0.717) is 11.3 Å². The molecule has 0 unspecified atom stereocenters. The lowest BCUT2D eigenvalue weighted by atomic mass is 10.0. The lowest BCUT2D eigenvalue weighted by Crippen LogP contribution is -1.95. The van der Waals surface area contributed by atoms with Gasteiger partial charge >= 0.3 is 0 Å². The zero-order valence-electron chi connectivity index (χ0n) is 7.66. The predicted octanol–water partition coefficient (Wildman–Crippen LogP) is 1.37. The van der Waals surface area contributed by atoms with Crippen molar-refractivity contribution in [3.05, 3.63) is 28.8 Å². The van der Waals surface area contributed by atoms with Crippen LogP contribution in [0.25, 0.3) is 0 Å². The van der Waals surface area contributed by atoms with Crippen molar-refractivity contribution in [2.24, 2.45) is 0 Å². The molecule has 3 nitrogen and oxygen atoms in total. The number of ether oxygens (including phenoxy) is 1. The van der Waals surface area contributed by atoms with Crippen LogP contribution in [-0.2, 0) is 6.61 Å². The molecular weight excluding hydrogens is 166 g/mol. The van der Waals surface area contributed by atoms with Gasteiger partial charge in [-0.1, -0.05) is 0 Å². The maximum atomic E-state index is 8.99. The van der Waals surface area contributed by atoms with Gasteiger partial charge in [-0.15, -0.1) is 0 Å². The molecule has 1 aromatic rings. The van der Waals surface area contributed by atoms with Gasteiger partial charge in [0.25, 0.3) is 0 Å². The molecule has 0 saturated heterocycles. The third-order valence-electron chi connectivity index (χ3n) is 1.99. The summed E-state index contributed by atoms with van der Waals surface area (Å²) in [5.41, 5.74) is 2.12. The number of nitriles is 1. The maximum absolute atomic E-state index is 8.99. The van der Waals surface area contributed by atoms with Crippen LogP contribution in [0, 0.1) is 18.3 Å². The summed E-state index contributed by atoms with van der Waals surface area (Å²) in [5.74, 6) is 0.642. The molecular formula is C10H11NO2. The molecule has 1 aromatic carbocycles. The molecule has 0 fully saturated rings. The Balaban J connectivity index is 3.30. The van der Waals surface area contributed by atoms with E-state index in [2.05, 4.69) is 0 Å². The van der Waals surface area contributed by atoms with Crippen molar-refractivity contribution in [1.29, 1.82) is 5.26 Å². The molecule has 0 aliphatic rings. The van der Waals surface area contributed by atoms with Crippen LogP contribution in [0.4, 0.5) is 0 Å². The van der Waals surface area contributed by atoms with Gasteiger partial charge < -0.3 is 9.84 Å². The molecule has 0 aliphatic heterocycles. The van der Waals surface area contributed by atoms with Crippen molar-refractivity contribution in [3.63, 3.8) is 0 Å². The molecule has 1 N–H and O–H groups in total. The highest BCUT2D eigenvalue weighted by atomic mass is 16.5. The first-order chi connectivity index (χ1) is 6.22. The Bertz CT molecular complexity index is 327. The fourth-order valence-corrected chi connectivity index (χ4v) is 1.19. The lowest BCUT2D eigenvalue weighted by molar-refractivity contribution is 0.280. The normalized spacial score (nSPS) is 9.38. The minimum absolute atomic E-state index is 0.0717. The van der Waals surface area contributed by atoms with E-state index in [4.69, 9.17) is 15.1 Å². The minimum atomic E-state index is -0.0717. The van der Waals surface area contributed by atoms with E-state index in [0.717, 1.165) is 11.1 Å². The molecule has 68 valence electrons. The highest BCUT2D eigenvalue weighted by Gasteiger charge is 2.06. The summed E-state index contributed by atoms with van der Waals surface area (Å²) in [6, 6.07) is 5.34. The zero-order valence-corrected chi connectivity index (χ0v) is 7.66. The van der Waals surface area contributed by atoms with Crippen LogP contribution >= 0.6 is 0 Å². The molecule has 0 spiro atoms. The van der Waals surface area contributed by atoms with Gasteiger partial charge in [0.15, 0.2) is 0 Å². The Morgan fingerprint density at radius 2 is 2.23 bits per heavy atom. The van der Waals surface area contributed by atoms with Crippen LogP contribution in [0.15, 0.2) is 12.1 Å². The van der Waals surface area contributed by atoms with E-state index in [1.54, 1.807) is 19.2 Å². The summed E-state index contributed by atoms with van der Waals surface area (Å²) in [6.07, 6.45) is 0. The topological polar surface area (TPSA) is 53.2 Å². The van der Waals surface area contributed by atoms with E-state index >= 15 is 0 Å². The zero-order chi connectivity index (χ0) is 9.84. The van der Waals surface area contributed by atoms with Gasteiger partial charge in [-0.3, -0.25) is 0 Å². The van der Waals surface area contributed by atoms with Crippen LogP contribution in [0.2, 0.25) is 0 Å². The second-order valence-electron chi connectivity index (χ2n) is 2.73. The Kier molecular flexibility index (Phi) is 2.88. The summed E-state index contributed by atoms with van der Waals surface area (Å²) in [5, 5.41) is 17.7. The number of rotatable bonds is 2. The lowest BCUT2D eigenvalue weighted by Gasteiger charge is -2.08. The number of methoxy groups -OCH3 is 1. The maximum Gasteiger partial charge on any atom is 0.123 e. The van der Waals surface area contributed by atoms with Gasteiger partial charge in [0.1, 0.15) is 5.75 Å². The Morgan fingerprint density at radius 1 is 1.54 bits per heavy atom. The number of hydrogen-bond acceptors (Lipinski definition) is 3. The number of aliphatic hydroxyl groups excluding tert-OH is 1. The van der Waals surface area contributed by atoms with Gasteiger partial charge in [0.05, 0.1) is 25.3 Å². The monoisotopic (exact) mass is 177 g/mol. The van der Waals surface area contributed by atoms with E-state index < -0.39 is 0 Å². The van der Waals surface area contributed by atoms with Crippen LogP contribution < -0.4 is 4.74 Å². The average Bonchev–Trinajstić information content (AvgIpc) is 2.18. The van der Waals surface area contributed by atoms with E-state index in [-0.39, 0.29) is 6.61 Å². The van der Waals surface area contributed by atoms with E-state index in [1.165, 1.54) is 0 Å². The van der Waals surface area contributed by atoms with Crippen LogP contribution in [0.1, 0.15) is 16.7 Å². The average molecular weight is 177 g/mol. The number of nitrogens with zero attached hydrogens (tertiary/aromatic N) is 1. The highest BCUT2D eigenvalue weighted by Crippen LogP contribution is 2.23. The standard InChI is InChI=1S/C10H11NO2/c1-7-9(6-12)3-8(5-11)4-10(7)13-2/h3-4,12H,6H2,1-2H3. The van der Waals surface area contributed by atoms with Crippen molar-refractivity contribution < 1.29 is 9.84 Å². The number of benzene rings is 1. The minimum Gasteiger partial charge on any atom is -0.496 e. The van der Waals surface area contributed by atoms with Crippen LogP contribution in [0.5, 0.6) is 5.75 Å². The Hall–Kier alpha value is -1.53. The molecule has 3 heteroatoms. The van der Waals surface area contributed by atoms with Crippen molar-refractivity contribution in [1.82, 2.24) is 0 Å². The molecule has 0 radical (unpaired) electrons. The van der Waals surface area contributed by atoms with Crippen molar-refractivity contribution in [2.75, 3.05) is 7.11 Å². The van der Waals surface area contributed by atoms with Gasteiger partial charge in [-0.2, -0.15) is 5.26 Å². The van der Waals surface area contributed by atoms with Crippen molar-refractivity contribution >= 4 is 0 Å². The molecule has 0 saturated carbocycles. The quantitative estimate of drug-likeness (QED) is 0.742. The fraction of sp³-hybridized carbons (Fsp3) is 0.300. The van der Waals surface area contributed by atoms with Crippen molar-refractivity contribution in [2.45, 2.75) is 13.5 Å². The largest absolute Gasteiger partial charge is 0.496 e. The number of hydrogen-bond donors (Lipinski definition) is 1. The molecule has 0 aliphatic carbocycles. The van der Waals surface area contributed by atoms with Gasteiger partial charge in [-0.25, -0.2) is 0 Å². The highest BCUT2D eigenvalue weighted by molar-refractivity contribution is 5.46. The second kappa shape index (κ2) is 3.92. The first kappa shape index (κ1) is 9.56. The van der Waals surface area contributed by atoms with Gasteiger partial charge in [0.2, 0.25) is 0 Å². The SMILES string of the molecule is COc1cc(C#N)cc(CO)c1C. The smallest absolute Gasteiger partial charge is 0.123 e. The van der Waals surface area contributed by atoms with Gasteiger partial charge in [-0.05, 0) is 30.2 Å². The molecule has 13 heavy (non-hydrogen) atoms. The summed E-state index contributed by atoms with van der Waals surface area (Å²) < 4.78 is 5.07. The molecule has 0 aromatic heterocycles. The third-order valence-corrected chi connectivity index (χ3v) is 1.99. The third kappa shape index (κ3) is 1.79. The van der Waals surface area contributed by atoms with Gasteiger partial charge in [0, 0.05) is 0 Å². The molecule has 0 heterocycles. The van der Waals surface area contributed by atoms with E-state index in [1.807, 2.05) is 13.0 Å². The first-order valence-electron chi connectivity index (χ1n) is 3.91. The molecule has 0 atom stereocenters. The molecule has 0 amide bonds. The Labute approximate surface area is 77.2 Å². The molecule has 0 bridgehead atoms. The summed E-state index contributed by atoms with van der Waals surface area (Å²) >= 11 is 0. The van der Waals surface area contributed by atoms with Crippen LogP contribution in [0.3, 0.4) is 0 Å². The molecule has 1 rings (SSSR count). The summed E-state index contributed by atoms with van der Waals surface area (Å²) in [6.45, 7) is 1.78. The predicted molar refractivity (Wildman–Crippen MR) is 48.4 cm³/mol. The fourth-order valence-electron chi connectivity index (χ4n) is 1.19. The summed E-state index contributed by atoms with van der Waals surface area (Å²) in [4.78, 5) is 0.